The van der Waals surface area contributed by atoms with E-state index in [0.717, 1.165) is 18.5 Å². The maximum atomic E-state index is 14.6. The van der Waals surface area contributed by atoms with Gasteiger partial charge in [-0.15, -0.1) is 5.10 Å². The number of amides is 3. The fourth-order valence-corrected chi connectivity index (χ4v) is 5.67. The normalized spacial score (nSPS) is 19.0. The summed E-state index contributed by atoms with van der Waals surface area (Å²) in [5.74, 6) is -0.579. The number of hydrogen-bond donors (Lipinski definition) is 1. The third kappa shape index (κ3) is 4.77. The summed E-state index contributed by atoms with van der Waals surface area (Å²) in [4.78, 5) is 27.5. The van der Waals surface area contributed by atoms with Gasteiger partial charge in [0.05, 0.1) is 17.9 Å². The number of thioether (sulfide) groups is 1. The second-order valence-corrected chi connectivity index (χ2v) is 9.87. The van der Waals surface area contributed by atoms with Gasteiger partial charge in [0.15, 0.2) is 0 Å². The van der Waals surface area contributed by atoms with Crippen LogP contribution in [0.5, 0.6) is 0 Å². The van der Waals surface area contributed by atoms with Crippen LogP contribution in [0.1, 0.15) is 19.8 Å². The number of nitrogens with zero attached hydrogens (tertiary/aromatic N) is 5. The Hall–Kier alpha value is -3.89. The number of benzene rings is 3. The Morgan fingerprint density at radius 1 is 1.03 bits per heavy atom. The van der Waals surface area contributed by atoms with Crippen LogP contribution in [0.15, 0.2) is 84.0 Å². The molecule has 0 saturated carbocycles. The summed E-state index contributed by atoms with van der Waals surface area (Å²) in [6.07, 6.45) is 1.50. The first-order valence-corrected chi connectivity index (χ1v) is 13.0. The van der Waals surface area contributed by atoms with E-state index in [0.29, 0.717) is 28.5 Å². The van der Waals surface area contributed by atoms with Crippen LogP contribution in [0.25, 0.3) is 16.8 Å². The number of halogens is 1. The molecule has 1 saturated heterocycles. The van der Waals surface area contributed by atoms with Crippen LogP contribution >= 0.6 is 11.8 Å². The van der Waals surface area contributed by atoms with Gasteiger partial charge in [-0.3, -0.25) is 5.32 Å². The SMILES string of the molecule is C[C@@H]1CCC[N+]1(C(=O)CSc1nnnn1-c1ccccc1)C(=O)Nc1ccccc1-c1ccccc1F. The lowest BCUT2D eigenvalue weighted by Crippen LogP contribution is -2.61. The molecule has 188 valence electrons. The number of anilines is 1. The molecule has 1 unspecified atom stereocenters. The van der Waals surface area contributed by atoms with Gasteiger partial charge in [0.25, 0.3) is 0 Å². The van der Waals surface area contributed by atoms with Gasteiger partial charge in [0, 0.05) is 24.0 Å². The number of carbonyl (C=O) groups excluding carboxylic acids is 2. The first-order valence-electron chi connectivity index (χ1n) is 12.0. The smallest absolute Gasteiger partial charge is 0.274 e. The first kappa shape index (κ1) is 24.8. The van der Waals surface area contributed by atoms with Gasteiger partial charge in [-0.2, -0.15) is 9.16 Å². The van der Waals surface area contributed by atoms with E-state index < -0.39 is 6.03 Å². The number of carbonyl (C=O) groups is 2. The molecule has 10 heteroatoms. The van der Waals surface area contributed by atoms with E-state index in [4.69, 9.17) is 0 Å². The predicted molar refractivity (Wildman–Crippen MR) is 140 cm³/mol. The van der Waals surface area contributed by atoms with Crippen molar-refractivity contribution >= 4 is 29.4 Å². The highest BCUT2D eigenvalue weighted by molar-refractivity contribution is 7.99. The molecule has 3 aromatic carbocycles. The fraction of sp³-hybridized carbons (Fsp3) is 0.222. The van der Waals surface area contributed by atoms with Gasteiger partial charge in [0.1, 0.15) is 17.6 Å². The van der Waals surface area contributed by atoms with E-state index >= 15 is 0 Å². The molecule has 5 rings (SSSR count). The zero-order valence-corrected chi connectivity index (χ0v) is 21.1. The van der Waals surface area contributed by atoms with Crippen molar-refractivity contribution in [3.05, 3.63) is 84.7 Å². The van der Waals surface area contributed by atoms with Crippen molar-refractivity contribution in [2.45, 2.75) is 31.0 Å². The standard InChI is InChI=1S/C27H25FN6O2S/c1-19-10-9-17-34(19,25(35)18-37-26-30-31-32-33(26)20-11-3-2-4-12-20)27(36)29-24-16-8-6-14-22(24)21-13-5-7-15-23(21)28/h2-8,11-16,19H,9-10,17-18H2,1H3/p+1/t19-,34?/m1/s1. The number of quaternary nitrogens is 1. The Morgan fingerprint density at radius 2 is 1.73 bits per heavy atom. The van der Waals surface area contributed by atoms with Crippen molar-refractivity contribution in [2.75, 3.05) is 17.6 Å². The molecule has 1 aromatic heterocycles. The Bertz CT molecular complexity index is 1430. The van der Waals surface area contributed by atoms with Gasteiger partial charge in [-0.05, 0) is 41.6 Å². The van der Waals surface area contributed by atoms with E-state index in [2.05, 4.69) is 20.8 Å². The topological polar surface area (TPSA) is 89.8 Å². The molecule has 1 aliphatic heterocycles. The van der Waals surface area contributed by atoms with Crippen molar-refractivity contribution < 1.29 is 18.5 Å². The van der Waals surface area contributed by atoms with E-state index in [9.17, 15) is 14.0 Å². The molecule has 3 amide bonds. The minimum atomic E-state index is -0.415. The summed E-state index contributed by atoms with van der Waals surface area (Å²) in [6, 6.07) is 22.3. The lowest BCUT2D eigenvalue weighted by Gasteiger charge is -2.33. The summed E-state index contributed by atoms with van der Waals surface area (Å²) < 4.78 is 15.8. The van der Waals surface area contributed by atoms with Gasteiger partial charge in [0.2, 0.25) is 5.16 Å². The molecule has 1 N–H and O–H groups in total. The first-order chi connectivity index (χ1) is 18.0. The highest BCUT2D eigenvalue weighted by atomic mass is 32.2. The molecule has 0 aliphatic carbocycles. The van der Waals surface area contributed by atoms with E-state index in [1.807, 2.05) is 37.3 Å². The molecular formula is C27H26FN6O2S+. The maximum Gasteiger partial charge on any atom is 0.428 e. The van der Waals surface area contributed by atoms with E-state index in [1.165, 1.54) is 17.8 Å². The summed E-state index contributed by atoms with van der Waals surface area (Å²) in [5, 5.41) is 15.3. The number of likely N-dealkylation sites (tertiary alicyclic amines) is 1. The van der Waals surface area contributed by atoms with Crippen molar-refractivity contribution in [3.8, 4) is 16.8 Å². The number of tetrazole rings is 1. The van der Waals surface area contributed by atoms with Crippen molar-refractivity contribution in [3.63, 3.8) is 0 Å². The van der Waals surface area contributed by atoms with Gasteiger partial charge < -0.3 is 0 Å². The minimum Gasteiger partial charge on any atom is -0.274 e. The third-order valence-corrected chi connectivity index (χ3v) is 7.70. The van der Waals surface area contributed by atoms with Crippen LogP contribution in [0.3, 0.4) is 0 Å². The number of imide groups is 1. The second kappa shape index (κ2) is 10.6. The van der Waals surface area contributed by atoms with Crippen LogP contribution in [0.2, 0.25) is 0 Å². The monoisotopic (exact) mass is 517 g/mol. The molecule has 0 bridgehead atoms. The van der Waals surface area contributed by atoms with Crippen LogP contribution in [-0.2, 0) is 4.79 Å². The summed E-state index contributed by atoms with van der Waals surface area (Å²) in [5.41, 5.74) is 2.18. The number of para-hydroxylation sites is 2. The molecule has 0 spiro atoms. The molecule has 2 heterocycles. The van der Waals surface area contributed by atoms with Crippen molar-refractivity contribution in [1.82, 2.24) is 20.2 Å². The van der Waals surface area contributed by atoms with Gasteiger partial charge in [-0.25, -0.2) is 14.0 Å². The van der Waals surface area contributed by atoms with E-state index in [1.54, 1.807) is 47.1 Å². The molecule has 37 heavy (non-hydrogen) atoms. The van der Waals surface area contributed by atoms with Crippen LogP contribution in [0.4, 0.5) is 14.9 Å². The van der Waals surface area contributed by atoms with Gasteiger partial charge >= 0.3 is 11.9 Å². The van der Waals surface area contributed by atoms with Crippen molar-refractivity contribution in [1.29, 1.82) is 0 Å². The number of nitrogens with one attached hydrogen (secondary N) is 1. The highest BCUT2D eigenvalue weighted by Crippen LogP contribution is 2.34. The molecular weight excluding hydrogens is 491 g/mol. The maximum absolute atomic E-state index is 14.6. The number of aromatic nitrogens is 4. The zero-order valence-electron chi connectivity index (χ0n) is 20.3. The third-order valence-electron chi connectivity index (χ3n) is 6.79. The lowest BCUT2D eigenvalue weighted by molar-refractivity contribution is -0.781. The average molecular weight is 518 g/mol. The summed E-state index contributed by atoms with van der Waals surface area (Å²) in [7, 11) is 0. The van der Waals surface area contributed by atoms with Crippen LogP contribution < -0.4 is 5.32 Å². The quantitative estimate of drug-likeness (QED) is 0.275. The Balaban J connectivity index is 1.39. The second-order valence-electron chi connectivity index (χ2n) is 8.93. The Kier molecular flexibility index (Phi) is 7.11. The number of rotatable bonds is 6. The van der Waals surface area contributed by atoms with E-state index in [-0.39, 0.29) is 28.0 Å². The molecule has 1 aliphatic rings. The Labute approximate surface area is 218 Å². The number of urea groups is 1. The van der Waals surface area contributed by atoms with Crippen LogP contribution in [-0.4, -0.2) is 55.0 Å². The molecule has 8 nitrogen and oxygen atoms in total. The largest absolute Gasteiger partial charge is 0.428 e. The molecule has 0 radical (unpaired) electrons. The molecule has 1 fully saturated rings. The summed E-state index contributed by atoms with van der Waals surface area (Å²) >= 11 is 1.20. The lowest BCUT2D eigenvalue weighted by atomic mass is 10.0. The number of hydrogen-bond acceptors (Lipinski definition) is 6. The molecule has 2 atom stereocenters. The highest BCUT2D eigenvalue weighted by Gasteiger charge is 2.52. The average Bonchev–Trinajstić information content (AvgIpc) is 3.55. The van der Waals surface area contributed by atoms with Gasteiger partial charge in [-0.1, -0.05) is 66.4 Å². The predicted octanol–water partition coefficient (Wildman–Crippen LogP) is 5.32. The van der Waals surface area contributed by atoms with Crippen LogP contribution in [0, 0.1) is 5.82 Å². The minimum absolute atomic E-state index is 0.0277. The Morgan fingerprint density at radius 3 is 2.46 bits per heavy atom. The summed E-state index contributed by atoms with van der Waals surface area (Å²) in [6.45, 7) is 2.32. The zero-order chi connectivity index (χ0) is 25.8. The van der Waals surface area contributed by atoms with Crippen molar-refractivity contribution in [2.24, 2.45) is 0 Å². The molecule has 4 aromatic rings. The fourth-order valence-electron chi connectivity index (χ4n) is 4.83.